The van der Waals surface area contributed by atoms with Crippen molar-refractivity contribution in [2.45, 2.75) is 29.9 Å². The Morgan fingerprint density at radius 2 is 1.71 bits per heavy atom. The van der Waals surface area contributed by atoms with Crippen LogP contribution in [0.15, 0.2) is 53.4 Å². The maximum absolute atomic E-state index is 2.38. The zero-order valence-electron chi connectivity index (χ0n) is 9.86. The standard InChI is InChI=1S/C16H16S/c1-2-5-13(6-3-1)12-17-16-10-9-14-7-4-8-15(14)11-16/h1-3,5-6,9-11H,4,7-8,12H2. The van der Waals surface area contributed by atoms with Gasteiger partial charge < -0.3 is 0 Å². The number of fused-ring (bicyclic) bond motifs is 1. The molecule has 0 aliphatic heterocycles. The Labute approximate surface area is 107 Å². The molecule has 0 spiro atoms. The van der Waals surface area contributed by atoms with Gasteiger partial charge in [0.15, 0.2) is 0 Å². The molecule has 3 rings (SSSR count). The summed E-state index contributed by atoms with van der Waals surface area (Å²) in [5, 5.41) is 0. The van der Waals surface area contributed by atoms with Gasteiger partial charge in [-0.15, -0.1) is 11.8 Å². The fourth-order valence-electron chi connectivity index (χ4n) is 2.38. The van der Waals surface area contributed by atoms with Crippen molar-refractivity contribution in [3.63, 3.8) is 0 Å². The van der Waals surface area contributed by atoms with Crippen molar-refractivity contribution in [1.82, 2.24) is 0 Å². The first-order chi connectivity index (χ1) is 8.42. The Kier molecular flexibility index (Phi) is 3.19. The van der Waals surface area contributed by atoms with Gasteiger partial charge in [0.25, 0.3) is 0 Å². The molecule has 0 nitrogen and oxygen atoms in total. The monoisotopic (exact) mass is 240 g/mol. The van der Waals surface area contributed by atoms with E-state index in [4.69, 9.17) is 0 Å². The van der Waals surface area contributed by atoms with Gasteiger partial charge in [-0.25, -0.2) is 0 Å². The van der Waals surface area contributed by atoms with Gasteiger partial charge in [-0.3, -0.25) is 0 Å². The van der Waals surface area contributed by atoms with Gasteiger partial charge in [0.05, 0.1) is 0 Å². The average molecular weight is 240 g/mol. The van der Waals surface area contributed by atoms with Crippen LogP contribution < -0.4 is 0 Å². The van der Waals surface area contributed by atoms with Crippen LogP contribution in [0.2, 0.25) is 0 Å². The van der Waals surface area contributed by atoms with Crippen LogP contribution in [0.1, 0.15) is 23.1 Å². The van der Waals surface area contributed by atoms with Crippen molar-refractivity contribution in [3.8, 4) is 0 Å². The van der Waals surface area contributed by atoms with E-state index in [1.165, 1.54) is 29.7 Å². The van der Waals surface area contributed by atoms with E-state index in [0.29, 0.717) is 0 Å². The molecule has 0 radical (unpaired) electrons. The van der Waals surface area contributed by atoms with E-state index in [9.17, 15) is 0 Å². The second-order valence-corrected chi connectivity index (χ2v) is 5.61. The van der Waals surface area contributed by atoms with Crippen LogP contribution in [-0.4, -0.2) is 0 Å². The molecule has 0 aromatic heterocycles. The summed E-state index contributed by atoms with van der Waals surface area (Å²) in [7, 11) is 0. The van der Waals surface area contributed by atoms with Crippen LogP contribution in [0.25, 0.3) is 0 Å². The quantitative estimate of drug-likeness (QED) is 0.713. The molecular weight excluding hydrogens is 224 g/mol. The lowest BCUT2D eigenvalue weighted by atomic mass is 10.1. The SMILES string of the molecule is c1ccc(CSc2ccc3c(c2)CCC3)cc1. The van der Waals surface area contributed by atoms with Gasteiger partial charge in [-0.1, -0.05) is 36.4 Å². The van der Waals surface area contributed by atoms with Crippen LogP contribution >= 0.6 is 11.8 Å². The molecule has 1 aliphatic rings. The number of aryl methyl sites for hydroxylation is 2. The van der Waals surface area contributed by atoms with Gasteiger partial charge in [-0.2, -0.15) is 0 Å². The minimum Gasteiger partial charge on any atom is -0.121 e. The number of thioether (sulfide) groups is 1. The summed E-state index contributed by atoms with van der Waals surface area (Å²) in [6, 6.07) is 17.7. The third-order valence-corrected chi connectivity index (χ3v) is 4.38. The van der Waals surface area contributed by atoms with Gasteiger partial charge in [0, 0.05) is 10.6 Å². The van der Waals surface area contributed by atoms with E-state index in [0.717, 1.165) is 5.75 Å². The van der Waals surface area contributed by atoms with E-state index in [1.54, 1.807) is 11.1 Å². The molecule has 0 saturated carbocycles. The van der Waals surface area contributed by atoms with Crippen molar-refractivity contribution < 1.29 is 0 Å². The van der Waals surface area contributed by atoms with Gasteiger partial charge >= 0.3 is 0 Å². The molecule has 0 amide bonds. The van der Waals surface area contributed by atoms with Gasteiger partial charge in [0.2, 0.25) is 0 Å². The van der Waals surface area contributed by atoms with Crippen molar-refractivity contribution in [2.24, 2.45) is 0 Å². The summed E-state index contributed by atoms with van der Waals surface area (Å²) in [5.41, 5.74) is 4.54. The molecule has 86 valence electrons. The lowest BCUT2D eigenvalue weighted by Crippen LogP contribution is -1.84. The van der Waals surface area contributed by atoms with E-state index >= 15 is 0 Å². The molecule has 0 saturated heterocycles. The normalized spacial score (nSPS) is 13.6. The lowest BCUT2D eigenvalue weighted by molar-refractivity contribution is 0.911. The van der Waals surface area contributed by atoms with Crippen LogP contribution in [0.4, 0.5) is 0 Å². The number of hydrogen-bond donors (Lipinski definition) is 0. The molecule has 0 fully saturated rings. The second kappa shape index (κ2) is 4.97. The highest BCUT2D eigenvalue weighted by atomic mass is 32.2. The molecule has 1 heteroatoms. The first kappa shape index (κ1) is 10.9. The minimum absolute atomic E-state index is 1.07. The van der Waals surface area contributed by atoms with E-state index in [1.807, 2.05) is 11.8 Å². The zero-order valence-corrected chi connectivity index (χ0v) is 10.7. The predicted molar refractivity (Wildman–Crippen MR) is 74.5 cm³/mol. The first-order valence-electron chi connectivity index (χ1n) is 6.20. The highest BCUT2D eigenvalue weighted by molar-refractivity contribution is 7.98. The Morgan fingerprint density at radius 3 is 2.59 bits per heavy atom. The summed E-state index contributed by atoms with van der Waals surface area (Å²) >= 11 is 1.94. The number of rotatable bonds is 3. The van der Waals surface area contributed by atoms with Crippen molar-refractivity contribution in [2.75, 3.05) is 0 Å². The van der Waals surface area contributed by atoms with E-state index in [2.05, 4.69) is 48.5 Å². The summed E-state index contributed by atoms with van der Waals surface area (Å²) < 4.78 is 0. The topological polar surface area (TPSA) is 0 Å². The Morgan fingerprint density at radius 1 is 0.882 bits per heavy atom. The summed E-state index contributed by atoms with van der Waals surface area (Å²) in [6.45, 7) is 0. The smallest absolute Gasteiger partial charge is 0.0231 e. The minimum atomic E-state index is 1.07. The highest BCUT2D eigenvalue weighted by Crippen LogP contribution is 2.29. The van der Waals surface area contributed by atoms with Gasteiger partial charge in [0.1, 0.15) is 0 Å². The third-order valence-electron chi connectivity index (χ3n) is 3.32. The van der Waals surface area contributed by atoms with Crippen LogP contribution in [0.3, 0.4) is 0 Å². The molecule has 17 heavy (non-hydrogen) atoms. The van der Waals surface area contributed by atoms with E-state index in [-0.39, 0.29) is 0 Å². The third kappa shape index (κ3) is 2.55. The molecule has 2 aromatic carbocycles. The van der Waals surface area contributed by atoms with Crippen molar-refractivity contribution in [1.29, 1.82) is 0 Å². The molecule has 1 aliphatic carbocycles. The Hall–Kier alpha value is -1.21. The lowest BCUT2D eigenvalue weighted by Gasteiger charge is -2.05. The fraction of sp³-hybridized carbons (Fsp3) is 0.250. The maximum Gasteiger partial charge on any atom is 0.0231 e. The molecule has 0 N–H and O–H groups in total. The second-order valence-electron chi connectivity index (χ2n) is 4.56. The van der Waals surface area contributed by atoms with E-state index < -0.39 is 0 Å². The van der Waals surface area contributed by atoms with Crippen LogP contribution in [0.5, 0.6) is 0 Å². The first-order valence-corrected chi connectivity index (χ1v) is 7.19. The zero-order chi connectivity index (χ0) is 11.5. The van der Waals surface area contributed by atoms with Gasteiger partial charge in [-0.05, 0) is 48.1 Å². The molecule has 0 unspecified atom stereocenters. The number of benzene rings is 2. The van der Waals surface area contributed by atoms with Crippen molar-refractivity contribution in [3.05, 3.63) is 65.2 Å². The number of hydrogen-bond acceptors (Lipinski definition) is 1. The largest absolute Gasteiger partial charge is 0.121 e. The van der Waals surface area contributed by atoms with Crippen molar-refractivity contribution >= 4 is 11.8 Å². The Balaban J connectivity index is 1.70. The molecule has 0 atom stereocenters. The predicted octanol–water partition coefficient (Wildman–Crippen LogP) is 4.47. The van der Waals surface area contributed by atoms with Crippen LogP contribution in [0, 0.1) is 0 Å². The Bertz CT molecular complexity index is 502. The molecule has 2 aromatic rings. The summed E-state index contributed by atoms with van der Waals surface area (Å²) in [5.74, 6) is 1.07. The summed E-state index contributed by atoms with van der Waals surface area (Å²) in [6.07, 6.45) is 3.89. The fourth-order valence-corrected chi connectivity index (χ4v) is 3.29. The summed E-state index contributed by atoms with van der Waals surface area (Å²) in [4.78, 5) is 1.41. The molecule has 0 heterocycles. The molecule has 0 bridgehead atoms. The van der Waals surface area contributed by atoms with Crippen LogP contribution in [-0.2, 0) is 18.6 Å². The maximum atomic E-state index is 2.38. The average Bonchev–Trinajstić information content (AvgIpc) is 2.85. The molecular formula is C16H16S. The highest BCUT2D eigenvalue weighted by Gasteiger charge is 2.10.